The summed E-state index contributed by atoms with van der Waals surface area (Å²) in [6, 6.07) is 8.07. The third kappa shape index (κ3) is 3.66. The molecular weight excluding hydrogens is 160 g/mol. The van der Waals surface area contributed by atoms with E-state index >= 15 is 0 Å². The number of hydrogen-bond acceptors (Lipinski definition) is 1. The standard InChI is InChI=1S/C12H14O/c1-10(2)13-9-8-12-6-4-11(3)5-7-12/h4-7,10H,1-3H3. The highest BCUT2D eigenvalue weighted by molar-refractivity contribution is 5.34. The van der Waals surface area contributed by atoms with Gasteiger partial charge in [0.1, 0.15) is 12.2 Å². The van der Waals surface area contributed by atoms with Gasteiger partial charge in [-0.25, -0.2) is 0 Å². The van der Waals surface area contributed by atoms with E-state index in [2.05, 4.69) is 19.0 Å². The van der Waals surface area contributed by atoms with Crippen molar-refractivity contribution in [1.29, 1.82) is 0 Å². The first-order chi connectivity index (χ1) is 6.18. The maximum atomic E-state index is 5.11. The van der Waals surface area contributed by atoms with Crippen molar-refractivity contribution in [1.82, 2.24) is 0 Å². The zero-order chi connectivity index (χ0) is 9.68. The van der Waals surface area contributed by atoms with E-state index in [1.54, 1.807) is 0 Å². The van der Waals surface area contributed by atoms with Crippen LogP contribution in [0.1, 0.15) is 25.0 Å². The second-order valence-electron chi connectivity index (χ2n) is 3.26. The molecule has 0 N–H and O–H groups in total. The van der Waals surface area contributed by atoms with Crippen LogP contribution in [0.15, 0.2) is 24.3 Å². The Morgan fingerprint density at radius 1 is 1.15 bits per heavy atom. The van der Waals surface area contributed by atoms with Crippen LogP contribution in [0.25, 0.3) is 0 Å². The minimum absolute atomic E-state index is 0.165. The molecule has 0 heterocycles. The lowest BCUT2D eigenvalue weighted by Gasteiger charge is -1.97. The van der Waals surface area contributed by atoms with E-state index in [0.717, 1.165) is 5.56 Å². The predicted molar refractivity (Wildman–Crippen MR) is 54.3 cm³/mol. The van der Waals surface area contributed by atoms with Crippen molar-refractivity contribution in [2.24, 2.45) is 0 Å². The highest BCUT2D eigenvalue weighted by Crippen LogP contribution is 2.00. The molecule has 0 bridgehead atoms. The summed E-state index contributed by atoms with van der Waals surface area (Å²) < 4.78 is 5.11. The third-order valence-electron chi connectivity index (χ3n) is 1.54. The number of ether oxygens (including phenoxy) is 1. The lowest BCUT2D eigenvalue weighted by molar-refractivity contribution is 0.204. The molecule has 0 atom stereocenters. The molecule has 0 spiro atoms. The summed E-state index contributed by atoms with van der Waals surface area (Å²) in [7, 11) is 0. The van der Waals surface area contributed by atoms with Crippen LogP contribution in [0.4, 0.5) is 0 Å². The molecule has 0 saturated heterocycles. The smallest absolute Gasteiger partial charge is 0.115 e. The maximum absolute atomic E-state index is 5.11. The Balaban J connectivity index is 2.62. The maximum Gasteiger partial charge on any atom is 0.115 e. The molecule has 0 aliphatic rings. The van der Waals surface area contributed by atoms with Crippen molar-refractivity contribution < 1.29 is 4.74 Å². The number of aryl methyl sites for hydroxylation is 1. The molecule has 68 valence electrons. The second-order valence-corrected chi connectivity index (χ2v) is 3.26. The zero-order valence-electron chi connectivity index (χ0n) is 8.29. The molecule has 0 fully saturated rings. The van der Waals surface area contributed by atoms with Crippen molar-refractivity contribution >= 4 is 0 Å². The zero-order valence-corrected chi connectivity index (χ0v) is 8.29. The van der Waals surface area contributed by atoms with Gasteiger partial charge in [0.25, 0.3) is 0 Å². The topological polar surface area (TPSA) is 9.23 Å². The minimum Gasteiger partial charge on any atom is -0.444 e. The van der Waals surface area contributed by atoms with Gasteiger partial charge in [0, 0.05) is 5.56 Å². The predicted octanol–water partition coefficient (Wildman–Crippen LogP) is 2.73. The average Bonchev–Trinajstić information content (AvgIpc) is 2.08. The number of hydrogen-bond donors (Lipinski definition) is 0. The second kappa shape index (κ2) is 4.57. The Bertz CT molecular complexity index is 311. The van der Waals surface area contributed by atoms with Crippen LogP contribution in [-0.2, 0) is 4.74 Å². The first-order valence-electron chi connectivity index (χ1n) is 4.42. The summed E-state index contributed by atoms with van der Waals surface area (Å²) in [5, 5.41) is 0. The summed E-state index contributed by atoms with van der Waals surface area (Å²) in [5.74, 6) is 2.93. The van der Waals surface area contributed by atoms with Gasteiger partial charge in [-0.1, -0.05) is 17.7 Å². The molecule has 0 aliphatic heterocycles. The average molecular weight is 174 g/mol. The number of benzene rings is 1. The fourth-order valence-electron chi connectivity index (χ4n) is 0.843. The molecular formula is C12H14O. The van der Waals surface area contributed by atoms with Gasteiger partial charge in [0.05, 0.1) is 0 Å². The molecule has 0 unspecified atom stereocenters. The third-order valence-corrected chi connectivity index (χ3v) is 1.54. The minimum atomic E-state index is 0.165. The Morgan fingerprint density at radius 2 is 1.77 bits per heavy atom. The van der Waals surface area contributed by atoms with E-state index in [1.165, 1.54) is 5.56 Å². The quantitative estimate of drug-likeness (QED) is 0.595. The molecule has 0 saturated carbocycles. The van der Waals surface area contributed by atoms with Gasteiger partial charge in [-0.15, -0.1) is 0 Å². The Hall–Kier alpha value is -1.42. The van der Waals surface area contributed by atoms with E-state index in [-0.39, 0.29) is 6.10 Å². The van der Waals surface area contributed by atoms with Crippen LogP contribution in [-0.4, -0.2) is 6.10 Å². The van der Waals surface area contributed by atoms with Crippen molar-refractivity contribution in [3.05, 3.63) is 35.4 Å². The summed E-state index contributed by atoms with van der Waals surface area (Å²) >= 11 is 0. The van der Waals surface area contributed by atoms with Crippen molar-refractivity contribution in [3.8, 4) is 12.0 Å². The first-order valence-corrected chi connectivity index (χ1v) is 4.42. The first kappa shape index (κ1) is 9.67. The van der Waals surface area contributed by atoms with Gasteiger partial charge >= 0.3 is 0 Å². The summed E-state index contributed by atoms with van der Waals surface area (Å²) in [6.45, 7) is 5.98. The molecule has 1 nitrogen and oxygen atoms in total. The Kier molecular flexibility index (Phi) is 3.40. The van der Waals surface area contributed by atoms with E-state index < -0.39 is 0 Å². The largest absolute Gasteiger partial charge is 0.444 e. The van der Waals surface area contributed by atoms with Crippen LogP contribution in [0.2, 0.25) is 0 Å². The number of rotatable bonds is 1. The van der Waals surface area contributed by atoms with E-state index in [4.69, 9.17) is 4.74 Å². The highest BCUT2D eigenvalue weighted by atomic mass is 16.5. The lowest BCUT2D eigenvalue weighted by atomic mass is 10.2. The van der Waals surface area contributed by atoms with E-state index in [9.17, 15) is 0 Å². The van der Waals surface area contributed by atoms with Crippen LogP contribution < -0.4 is 0 Å². The molecule has 0 aliphatic carbocycles. The molecule has 0 aromatic heterocycles. The Morgan fingerprint density at radius 3 is 2.31 bits per heavy atom. The summed E-state index contributed by atoms with van der Waals surface area (Å²) in [6.07, 6.45) is 2.84. The van der Waals surface area contributed by atoms with Gasteiger partial charge in [-0.05, 0) is 38.8 Å². The summed E-state index contributed by atoms with van der Waals surface area (Å²) in [4.78, 5) is 0. The molecule has 0 amide bonds. The van der Waals surface area contributed by atoms with E-state index in [0.29, 0.717) is 0 Å². The van der Waals surface area contributed by atoms with Gasteiger partial charge in [0.15, 0.2) is 0 Å². The van der Waals surface area contributed by atoms with Crippen molar-refractivity contribution in [2.45, 2.75) is 26.9 Å². The van der Waals surface area contributed by atoms with E-state index in [1.807, 2.05) is 38.1 Å². The fourth-order valence-corrected chi connectivity index (χ4v) is 0.843. The molecule has 1 aromatic carbocycles. The van der Waals surface area contributed by atoms with Gasteiger partial charge in [-0.2, -0.15) is 0 Å². The van der Waals surface area contributed by atoms with Gasteiger partial charge in [-0.3, -0.25) is 0 Å². The van der Waals surface area contributed by atoms with Crippen LogP contribution >= 0.6 is 0 Å². The van der Waals surface area contributed by atoms with Crippen molar-refractivity contribution in [3.63, 3.8) is 0 Å². The molecule has 1 heteroatoms. The highest BCUT2D eigenvalue weighted by Gasteiger charge is 1.87. The fraction of sp³-hybridized carbons (Fsp3) is 0.333. The van der Waals surface area contributed by atoms with Crippen LogP contribution in [0.5, 0.6) is 0 Å². The molecule has 13 heavy (non-hydrogen) atoms. The molecule has 1 rings (SSSR count). The van der Waals surface area contributed by atoms with Crippen LogP contribution in [0.3, 0.4) is 0 Å². The Labute approximate surface area is 79.7 Å². The monoisotopic (exact) mass is 174 g/mol. The molecule has 0 radical (unpaired) electrons. The van der Waals surface area contributed by atoms with Crippen molar-refractivity contribution in [2.75, 3.05) is 0 Å². The van der Waals surface area contributed by atoms with Crippen LogP contribution in [0, 0.1) is 19.0 Å². The van der Waals surface area contributed by atoms with Gasteiger partial charge < -0.3 is 4.74 Å². The normalized spacial score (nSPS) is 9.23. The van der Waals surface area contributed by atoms with Gasteiger partial charge in [0.2, 0.25) is 0 Å². The summed E-state index contributed by atoms with van der Waals surface area (Å²) in [5.41, 5.74) is 2.24. The SMILES string of the molecule is Cc1ccc(C#COC(C)C)cc1. The lowest BCUT2D eigenvalue weighted by Crippen LogP contribution is -1.95. The molecule has 1 aromatic rings.